The Balaban J connectivity index is 1.86. The molecule has 38 heavy (non-hydrogen) atoms. The van der Waals surface area contributed by atoms with Gasteiger partial charge in [-0.1, -0.05) is 30.3 Å². The molecular weight excluding hydrogens is 497 g/mol. The number of benzene rings is 2. The highest BCUT2D eigenvalue weighted by atomic mass is 19.4. The summed E-state index contributed by atoms with van der Waals surface area (Å²) >= 11 is 0. The van der Waals surface area contributed by atoms with E-state index in [1.807, 2.05) is 20.8 Å². The molecule has 0 saturated heterocycles. The summed E-state index contributed by atoms with van der Waals surface area (Å²) < 4.78 is 44.0. The number of nitrogens with zero attached hydrogens (tertiary/aromatic N) is 5. The van der Waals surface area contributed by atoms with Gasteiger partial charge >= 0.3 is 6.18 Å². The molecule has 1 N–H and O–H groups in total. The Hall–Kier alpha value is -4.15. The smallest absolute Gasteiger partial charge is 0.352 e. The number of halogens is 3. The number of aromatic nitrogens is 4. The van der Waals surface area contributed by atoms with Crippen molar-refractivity contribution in [1.82, 2.24) is 24.9 Å². The quantitative estimate of drug-likeness (QED) is 0.355. The zero-order valence-electron chi connectivity index (χ0n) is 21.5. The van der Waals surface area contributed by atoms with Gasteiger partial charge in [-0.05, 0) is 62.7 Å². The van der Waals surface area contributed by atoms with Gasteiger partial charge in [0.2, 0.25) is 11.8 Å². The average Bonchev–Trinajstić information content (AvgIpc) is 3.47. The number of fused-ring (bicyclic) bond motifs is 1. The van der Waals surface area contributed by atoms with Crippen LogP contribution in [0.3, 0.4) is 0 Å². The summed E-state index contributed by atoms with van der Waals surface area (Å²) in [4.78, 5) is 28.9. The summed E-state index contributed by atoms with van der Waals surface area (Å²) in [5.74, 6) is -1.15. The largest absolute Gasteiger partial charge is 0.416 e. The van der Waals surface area contributed by atoms with E-state index in [0.717, 1.165) is 17.0 Å². The highest BCUT2D eigenvalue weighted by Gasteiger charge is 2.38. The minimum Gasteiger partial charge on any atom is -0.352 e. The second kappa shape index (κ2) is 10.3. The summed E-state index contributed by atoms with van der Waals surface area (Å²) in [7, 11) is 1.71. The Bertz CT molecular complexity index is 1460. The summed E-state index contributed by atoms with van der Waals surface area (Å²) in [6, 6.07) is 13.6. The molecule has 4 aromatic rings. The van der Waals surface area contributed by atoms with Gasteiger partial charge in [-0.25, -0.2) is 4.68 Å². The molecule has 11 heteroatoms. The van der Waals surface area contributed by atoms with E-state index in [4.69, 9.17) is 0 Å². The standard InChI is InChI=1S/C27H29F3N6O2/c1-5-26(2,3)31-25(38)24(22-14-9-15-34(22)4)36(19-11-8-10-18(16-19)27(28,29)30)23(37)17-35-21-13-7-6-12-20(21)32-33-35/h6-16,24H,5,17H2,1-4H3,(H,31,38)/t24-/m1/s1. The lowest BCUT2D eigenvalue weighted by atomic mass is 10.00. The second-order valence-electron chi connectivity index (χ2n) is 9.72. The average molecular weight is 527 g/mol. The molecule has 1 atom stereocenters. The fraction of sp³-hybridized carbons (Fsp3) is 0.333. The van der Waals surface area contributed by atoms with Gasteiger partial charge in [0.25, 0.3) is 0 Å². The summed E-state index contributed by atoms with van der Waals surface area (Å²) in [5.41, 5.74) is -0.0397. The predicted octanol–water partition coefficient (Wildman–Crippen LogP) is 4.87. The Morgan fingerprint density at radius 1 is 1.05 bits per heavy atom. The van der Waals surface area contributed by atoms with Gasteiger partial charge in [0.15, 0.2) is 6.04 Å². The molecule has 2 heterocycles. The van der Waals surface area contributed by atoms with Crippen molar-refractivity contribution in [1.29, 1.82) is 0 Å². The van der Waals surface area contributed by atoms with Crippen LogP contribution in [0.4, 0.5) is 18.9 Å². The van der Waals surface area contributed by atoms with Crippen LogP contribution in [0.1, 0.15) is 44.5 Å². The van der Waals surface area contributed by atoms with Crippen molar-refractivity contribution in [3.05, 3.63) is 78.1 Å². The highest BCUT2D eigenvalue weighted by molar-refractivity contribution is 6.01. The van der Waals surface area contributed by atoms with Crippen molar-refractivity contribution in [2.24, 2.45) is 7.05 Å². The number of carbonyl (C=O) groups excluding carboxylic acids is 2. The second-order valence-corrected chi connectivity index (χ2v) is 9.72. The van der Waals surface area contributed by atoms with Crippen LogP contribution in [0, 0.1) is 0 Å². The van der Waals surface area contributed by atoms with Crippen molar-refractivity contribution in [3.8, 4) is 0 Å². The lowest BCUT2D eigenvalue weighted by molar-refractivity contribution is -0.137. The Kier molecular flexibility index (Phi) is 7.30. The van der Waals surface area contributed by atoms with E-state index < -0.39 is 35.1 Å². The number of alkyl halides is 3. The first-order valence-corrected chi connectivity index (χ1v) is 12.1. The number of carbonyl (C=O) groups is 2. The van der Waals surface area contributed by atoms with E-state index in [0.29, 0.717) is 23.1 Å². The predicted molar refractivity (Wildman–Crippen MR) is 137 cm³/mol. The maximum Gasteiger partial charge on any atom is 0.416 e. The summed E-state index contributed by atoms with van der Waals surface area (Å²) in [6.07, 6.45) is -2.33. The Morgan fingerprint density at radius 3 is 2.45 bits per heavy atom. The van der Waals surface area contributed by atoms with Crippen molar-refractivity contribution >= 4 is 28.5 Å². The number of anilines is 1. The number of aryl methyl sites for hydroxylation is 1. The minimum atomic E-state index is -4.64. The topological polar surface area (TPSA) is 85.0 Å². The summed E-state index contributed by atoms with van der Waals surface area (Å²) in [5, 5.41) is 11.1. The molecule has 0 bridgehead atoms. The van der Waals surface area contributed by atoms with Crippen molar-refractivity contribution in [2.75, 3.05) is 4.90 Å². The van der Waals surface area contributed by atoms with Crippen molar-refractivity contribution < 1.29 is 22.8 Å². The van der Waals surface area contributed by atoms with Gasteiger partial charge in [0.05, 0.1) is 16.8 Å². The van der Waals surface area contributed by atoms with Crippen LogP contribution in [0.15, 0.2) is 66.9 Å². The third-order valence-corrected chi connectivity index (χ3v) is 6.54. The van der Waals surface area contributed by atoms with E-state index in [1.165, 1.54) is 16.8 Å². The van der Waals surface area contributed by atoms with Gasteiger partial charge in [-0.2, -0.15) is 13.2 Å². The van der Waals surface area contributed by atoms with Crippen LogP contribution < -0.4 is 10.2 Å². The first kappa shape index (κ1) is 26.9. The molecule has 200 valence electrons. The summed E-state index contributed by atoms with van der Waals surface area (Å²) in [6.45, 7) is 5.24. The van der Waals surface area contributed by atoms with Crippen LogP contribution in [-0.4, -0.2) is 36.9 Å². The van der Waals surface area contributed by atoms with E-state index in [1.54, 1.807) is 54.2 Å². The third kappa shape index (κ3) is 5.56. The number of amides is 2. The van der Waals surface area contributed by atoms with Gasteiger partial charge in [-0.15, -0.1) is 5.10 Å². The molecule has 8 nitrogen and oxygen atoms in total. The number of hydrogen-bond acceptors (Lipinski definition) is 4. The molecule has 0 aliphatic carbocycles. The fourth-order valence-electron chi connectivity index (χ4n) is 4.14. The van der Waals surface area contributed by atoms with Crippen LogP contribution in [-0.2, 0) is 29.4 Å². The Labute approximate surface area is 218 Å². The Morgan fingerprint density at radius 2 is 1.79 bits per heavy atom. The monoisotopic (exact) mass is 526 g/mol. The molecular formula is C27H29F3N6O2. The molecule has 2 aromatic carbocycles. The van der Waals surface area contributed by atoms with Gasteiger partial charge in [-0.3, -0.25) is 14.5 Å². The molecule has 0 unspecified atom stereocenters. The van der Waals surface area contributed by atoms with Gasteiger partial charge in [0, 0.05) is 24.5 Å². The third-order valence-electron chi connectivity index (χ3n) is 6.54. The van der Waals surface area contributed by atoms with Gasteiger partial charge < -0.3 is 9.88 Å². The van der Waals surface area contributed by atoms with Gasteiger partial charge in [0.1, 0.15) is 12.1 Å². The fourth-order valence-corrected chi connectivity index (χ4v) is 4.14. The molecule has 0 aliphatic heterocycles. The van der Waals surface area contributed by atoms with Crippen LogP contribution in [0.2, 0.25) is 0 Å². The van der Waals surface area contributed by atoms with E-state index in [-0.39, 0.29) is 12.2 Å². The molecule has 4 rings (SSSR count). The van der Waals surface area contributed by atoms with Crippen LogP contribution >= 0.6 is 0 Å². The first-order valence-electron chi connectivity index (χ1n) is 12.1. The molecule has 0 saturated carbocycles. The van der Waals surface area contributed by atoms with E-state index in [2.05, 4.69) is 15.6 Å². The lowest BCUT2D eigenvalue weighted by Crippen LogP contribution is -2.51. The van der Waals surface area contributed by atoms with E-state index in [9.17, 15) is 22.8 Å². The first-order chi connectivity index (χ1) is 17.9. The van der Waals surface area contributed by atoms with Crippen molar-refractivity contribution in [2.45, 2.75) is 51.5 Å². The van der Waals surface area contributed by atoms with Crippen molar-refractivity contribution in [3.63, 3.8) is 0 Å². The number of hydrogen-bond donors (Lipinski definition) is 1. The molecule has 0 aliphatic rings. The normalized spacial score (nSPS) is 12.9. The van der Waals surface area contributed by atoms with Crippen LogP contribution in [0.5, 0.6) is 0 Å². The minimum absolute atomic E-state index is 0.0649. The van der Waals surface area contributed by atoms with E-state index >= 15 is 0 Å². The zero-order chi connectivity index (χ0) is 27.7. The van der Waals surface area contributed by atoms with Crippen LogP contribution in [0.25, 0.3) is 11.0 Å². The number of rotatable bonds is 8. The molecule has 0 fully saturated rings. The number of nitrogens with one attached hydrogen (secondary N) is 1. The highest BCUT2D eigenvalue weighted by Crippen LogP contribution is 2.35. The molecule has 2 aromatic heterocycles. The molecule has 0 spiro atoms. The SMILES string of the molecule is CCC(C)(C)NC(=O)[C@@H](c1cccn1C)N(C(=O)Cn1nnc2ccccc21)c1cccc(C(F)(F)F)c1. The zero-order valence-corrected chi connectivity index (χ0v) is 21.5. The molecule has 0 radical (unpaired) electrons. The number of para-hydroxylation sites is 1. The maximum absolute atomic E-state index is 14.0. The molecule has 2 amide bonds. The maximum atomic E-state index is 14.0. The lowest BCUT2D eigenvalue weighted by Gasteiger charge is -2.35.